The van der Waals surface area contributed by atoms with Gasteiger partial charge >= 0.3 is 0 Å². The summed E-state index contributed by atoms with van der Waals surface area (Å²) in [6.45, 7) is 11.2. The van der Waals surface area contributed by atoms with E-state index >= 15 is 0 Å². The summed E-state index contributed by atoms with van der Waals surface area (Å²) in [5.41, 5.74) is 3.76. The van der Waals surface area contributed by atoms with Crippen molar-refractivity contribution < 1.29 is 4.74 Å². The predicted molar refractivity (Wildman–Crippen MR) is 91.3 cm³/mol. The standard InChI is InChI=1S/C18H25NOS/c1-5-16-7-8-17(21-16)12-20-18-13(3)9-15(10-14(18)4)11-19-6-2/h7-10,19H,5-6,11-12H2,1-4H3. The molecule has 0 unspecified atom stereocenters. The lowest BCUT2D eigenvalue weighted by Crippen LogP contribution is -2.12. The van der Waals surface area contributed by atoms with Crippen LogP contribution in [0.4, 0.5) is 0 Å². The van der Waals surface area contributed by atoms with Crippen molar-refractivity contribution in [1.82, 2.24) is 5.32 Å². The molecular weight excluding hydrogens is 278 g/mol. The molecule has 1 aromatic heterocycles. The van der Waals surface area contributed by atoms with Crippen LogP contribution in [0.3, 0.4) is 0 Å². The van der Waals surface area contributed by atoms with E-state index in [4.69, 9.17) is 4.74 Å². The Morgan fingerprint density at radius 3 is 2.29 bits per heavy atom. The van der Waals surface area contributed by atoms with Crippen LogP contribution < -0.4 is 10.1 Å². The highest BCUT2D eigenvalue weighted by Crippen LogP contribution is 2.27. The van der Waals surface area contributed by atoms with Gasteiger partial charge in [0.15, 0.2) is 0 Å². The summed E-state index contributed by atoms with van der Waals surface area (Å²) in [5, 5.41) is 3.37. The van der Waals surface area contributed by atoms with E-state index in [0.717, 1.165) is 25.3 Å². The Hall–Kier alpha value is -1.32. The van der Waals surface area contributed by atoms with Crippen molar-refractivity contribution in [3.05, 3.63) is 50.7 Å². The molecule has 2 nitrogen and oxygen atoms in total. The molecule has 0 bridgehead atoms. The summed E-state index contributed by atoms with van der Waals surface area (Å²) in [5.74, 6) is 1.03. The van der Waals surface area contributed by atoms with E-state index in [9.17, 15) is 0 Å². The van der Waals surface area contributed by atoms with Gasteiger partial charge in [-0.25, -0.2) is 0 Å². The van der Waals surface area contributed by atoms with Crippen LogP contribution in [-0.2, 0) is 19.6 Å². The number of nitrogens with one attached hydrogen (secondary N) is 1. The fourth-order valence-electron chi connectivity index (χ4n) is 2.47. The van der Waals surface area contributed by atoms with Crippen molar-refractivity contribution in [3.63, 3.8) is 0 Å². The van der Waals surface area contributed by atoms with E-state index in [1.165, 1.54) is 26.4 Å². The van der Waals surface area contributed by atoms with Gasteiger partial charge in [-0.05, 0) is 55.6 Å². The second-order valence-corrected chi connectivity index (χ2v) is 6.60. The summed E-state index contributed by atoms with van der Waals surface area (Å²) in [6, 6.07) is 8.81. The number of ether oxygens (including phenoxy) is 1. The maximum Gasteiger partial charge on any atom is 0.125 e. The van der Waals surface area contributed by atoms with Crippen LogP contribution in [0.5, 0.6) is 5.75 Å². The summed E-state index contributed by atoms with van der Waals surface area (Å²) in [4.78, 5) is 2.71. The number of rotatable bonds is 7. The van der Waals surface area contributed by atoms with Crippen LogP contribution in [0.2, 0.25) is 0 Å². The van der Waals surface area contributed by atoms with E-state index in [-0.39, 0.29) is 0 Å². The normalized spacial score (nSPS) is 10.9. The zero-order valence-corrected chi connectivity index (χ0v) is 14.3. The van der Waals surface area contributed by atoms with E-state index in [0.29, 0.717) is 6.61 Å². The molecule has 1 N–H and O–H groups in total. The Morgan fingerprint density at radius 2 is 1.71 bits per heavy atom. The fourth-order valence-corrected chi connectivity index (χ4v) is 3.34. The quantitative estimate of drug-likeness (QED) is 0.806. The van der Waals surface area contributed by atoms with Crippen molar-refractivity contribution in [1.29, 1.82) is 0 Å². The summed E-state index contributed by atoms with van der Waals surface area (Å²) < 4.78 is 6.06. The molecule has 0 saturated heterocycles. The van der Waals surface area contributed by atoms with Gasteiger partial charge in [0.2, 0.25) is 0 Å². The van der Waals surface area contributed by atoms with Crippen molar-refractivity contribution in [2.75, 3.05) is 6.54 Å². The topological polar surface area (TPSA) is 21.3 Å². The van der Waals surface area contributed by atoms with Crippen LogP contribution in [0.25, 0.3) is 0 Å². The molecule has 114 valence electrons. The van der Waals surface area contributed by atoms with Gasteiger partial charge in [0, 0.05) is 16.3 Å². The molecule has 0 amide bonds. The van der Waals surface area contributed by atoms with Gasteiger partial charge in [-0.15, -0.1) is 11.3 Å². The molecule has 0 saturated carbocycles. The number of hydrogen-bond donors (Lipinski definition) is 1. The van der Waals surface area contributed by atoms with Crippen molar-refractivity contribution >= 4 is 11.3 Å². The van der Waals surface area contributed by atoms with Crippen LogP contribution in [0.15, 0.2) is 24.3 Å². The molecule has 3 heteroatoms. The third-order valence-corrected chi connectivity index (χ3v) is 4.73. The Bertz CT molecular complexity index is 566. The second kappa shape index (κ2) is 7.62. The Morgan fingerprint density at radius 1 is 1.05 bits per heavy atom. The molecule has 1 heterocycles. The summed E-state index contributed by atoms with van der Waals surface area (Å²) in [6.07, 6.45) is 1.10. The zero-order valence-electron chi connectivity index (χ0n) is 13.5. The highest BCUT2D eigenvalue weighted by molar-refractivity contribution is 7.11. The van der Waals surface area contributed by atoms with Crippen molar-refractivity contribution in [3.8, 4) is 5.75 Å². The van der Waals surface area contributed by atoms with Gasteiger partial charge in [0.25, 0.3) is 0 Å². The first-order valence-corrected chi connectivity index (χ1v) is 8.46. The van der Waals surface area contributed by atoms with Crippen molar-refractivity contribution in [2.24, 2.45) is 0 Å². The third kappa shape index (κ3) is 4.32. The number of aryl methyl sites for hydroxylation is 3. The van der Waals surface area contributed by atoms with Gasteiger partial charge < -0.3 is 10.1 Å². The van der Waals surface area contributed by atoms with Gasteiger partial charge in [-0.2, -0.15) is 0 Å². The summed E-state index contributed by atoms with van der Waals surface area (Å²) >= 11 is 1.84. The van der Waals surface area contributed by atoms with Gasteiger partial charge in [-0.1, -0.05) is 26.0 Å². The molecule has 2 aromatic rings. The highest BCUT2D eigenvalue weighted by Gasteiger charge is 2.08. The first kappa shape index (κ1) is 16.1. The van der Waals surface area contributed by atoms with E-state index in [2.05, 4.69) is 57.3 Å². The average molecular weight is 303 g/mol. The molecule has 2 rings (SSSR count). The predicted octanol–water partition coefficient (Wildman–Crippen LogP) is 4.62. The lowest BCUT2D eigenvalue weighted by Gasteiger charge is -2.14. The lowest BCUT2D eigenvalue weighted by atomic mass is 10.1. The zero-order chi connectivity index (χ0) is 15.2. The number of thiophene rings is 1. The minimum atomic E-state index is 0.666. The highest BCUT2D eigenvalue weighted by atomic mass is 32.1. The van der Waals surface area contributed by atoms with Crippen LogP contribution in [0.1, 0.15) is 40.3 Å². The maximum atomic E-state index is 6.06. The monoisotopic (exact) mass is 303 g/mol. The van der Waals surface area contributed by atoms with Crippen LogP contribution >= 0.6 is 11.3 Å². The molecule has 0 radical (unpaired) electrons. The van der Waals surface area contributed by atoms with E-state index in [1.807, 2.05) is 11.3 Å². The Kier molecular flexibility index (Phi) is 5.83. The lowest BCUT2D eigenvalue weighted by molar-refractivity contribution is 0.305. The molecule has 21 heavy (non-hydrogen) atoms. The first-order valence-electron chi connectivity index (χ1n) is 7.65. The molecule has 0 aliphatic heterocycles. The number of hydrogen-bond acceptors (Lipinski definition) is 3. The van der Waals surface area contributed by atoms with E-state index < -0.39 is 0 Å². The van der Waals surface area contributed by atoms with Gasteiger partial charge in [0.1, 0.15) is 12.4 Å². The largest absolute Gasteiger partial charge is 0.488 e. The molecule has 1 aromatic carbocycles. The van der Waals surface area contributed by atoms with Gasteiger partial charge in [-0.3, -0.25) is 0 Å². The maximum absolute atomic E-state index is 6.06. The third-order valence-electron chi connectivity index (χ3n) is 3.52. The molecule has 0 fully saturated rings. The average Bonchev–Trinajstić information content (AvgIpc) is 2.92. The molecule has 0 atom stereocenters. The van der Waals surface area contributed by atoms with E-state index in [1.54, 1.807) is 0 Å². The first-order chi connectivity index (χ1) is 10.1. The minimum absolute atomic E-state index is 0.666. The molecule has 0 spiro atoms. The number of benzene rings is 1. The van der Waals surface area contributed by atoms with Crippen molar-refractivity contribution in [2.45, 2.75) is 47.3 Å². The Labute approximate surface area is 132 Å². The minimum Gasteiger partial charge on any atom is -0.488 e. The summed E-state index contributed by atoms with van der Waals surface area (Å²) in [7, 11) is 0. The van der Waals surface area contributed by atoms with Crippen LogP contribution in [-0.4, -0.2) is 6.54 Å². The Balaban J connectivity index is 2.05. The fraction of sp³-hybridized carbons (Fsp3) is 0.444. The van der Waals surface area contributed by atoms with Crippen LogP contribution in [0, 0.1) is 13.8 Å². The molecular formula is C18H25NOS. The molecule has 0 aliphatic carbocycles. The molecule has 0 aliphatic rings. The smallest absolute Gasteiger partial charge is 0.125 e. The SMILES string of the molecule is CCNCc1cc(C)c(OCc2ccc(CC)s2)c(C)c1. The second-order valence-electron chi connectivity index (χ2n) is 5.35. The van der Waals surface area contributed by atoms with Gasteiger partial charge in [0.05, 0.1) is 0 Å².